The van der Waals surface area contributed by atoms with Crippen molar-refractivity contribution in [3.8, 4) is 5.75 Å². The molecule has 0 heterocycles. The van der Waals surface area contributed by atoms with E-state index in [1.165, 1.54) is 56.1 Å². The Hall–Kier alpha value is -1.15. The van der Waals surface area contributed by atoms with Gasteiger partial charge >= 0.3 is 5.69 Å². The summed E-state index contributed by atoms with van der Waals surface area (Å²) in [5, 5.41) is 18.9. The molecule has 0 aliphatic heterocycles. The minimum atomic E-state index is -0.630. The van der Waals surface area contributed by atoms with Crippen molar-refractivity contribution in [1.29, 1.82) is 0 Å². The number of para-hydroxylation sites is 2. The van der Waals surface area contributed by atoms with E-state index in [4.69, 9.17) is 5.11 Å². The van der Waals surface area contributed by atoms with Crippen LogP contribution >= 0.6 is 9.24 Å². The van der Waals surface area contributed by atoms with E-state index < -0.39 is 4.92 Å². The van der Waals surface area contributed by atoms with Crippen molar-refractivity contribution in [1.82, 2.24) is 0 Å². The Labute approximate surface area is 104 Å². The van der Waals surface area contributed by atoms with Crippen LogP contribution in [0.15, 0.2) is 24.3 Å². The predicted molar refractivity (Wildman–Crippen MR) is 73.5 cm³/mol. The lowest BCUT2D eigenvalue weighted by molar-refractivity contribution is -0.385. The van der Waals surface area contributed by atoms with Gasteiger partial charge in [-0.15, -0.1) is 9.24 Å². The number of phenols is 1. The van der Waals surface area contributed by atoms with E-state index in [0.717, 1.165) is 0 Å². The second kappa shape index (κ2) is 10.0. The van der Waals surface area contributed by atoms with Gasteiger partial charge in [0.2, 0.25) is 0 Å². The first-order chi connectivity index (χ1) is 8.13. The molecule has 0 saturated heterocycles. The van der Waals surface area contributed by atoms with E-state index in [1.54, 1.807) is 0 Å². The fourth-order valence-electron chi connectivity index (χ4n) is 1.19. The molecule has 1 rings (SSSR count). The highest BCUT2D eigenvalue weighted by molar-refractivity contribution is 7.16. The van der Waals surface area contributed by atoms with Gasteiger partial charge in [0.15, 0.2) is 5.75 Å². The number of hydrogen-bond donors (Lipinski definition) is 1. The fourth-order valence-corrected chi connectivity index (χ4v) is 1.48. The summed E-state index contributed by atoms with van der Waals surface area (Å²) >= 11 is 0. The molecular weight excluding hydrogens is 237 g/mol. The van der Waals surface area contributed by atoms with E-state index in [-0.39, 0.29) is 11.4 Å². The summed E-state index contributed by atoms with van der Waals surface area (Å²) in [5.41, 5.74) is -0.262. The quantitative estimate of drug-likeness (QED) is 0.378. The highest BCUT2D eigenvalue weighted by Crippen LogP contribution is 2.23. The Morgan fingerprint density at radius 3 is 2.35 bits per heavy atom. The normalized spacial score (nSPS) is 9.29. The molecule has 4 nitrogen and oxygen atoms in total. The molecular formula is C12H20NO3P. The van der Waals surface area contributed by atoms with Crippen molar-refractivity contribution < 1.29 is 10.0 Å². The second-order valence-corrected chi connectivity index (χ2v) is 4.17. The number of rotatable bonds is 5. The molecule has 0 aliphatic rings. The van der Waals surface area contributed by atoms with Crippen molar-refractivity contribution >= 4 is 14.9 Å². The van der Waals surface area contributed by atoms with Gasteiger partial charge in [-0.3, -0.25) is 10.1 Å². The van der Waals surface area contributed by atoms with Gasteiger partial charge in [0.25, 0.3) is 0 Å². The summed E-state index contributed by atoms with van der Waals surface area (Å²) in [6.07, 6.45) is 6.84. The molecule has 0 bridgehead atoms. The summed E-state index contributed by atoms with van der Waals surface area (Å²) in [6, 6.07) is 5.55. The fraction of sp³-hybridized carbons (Fsp3) is 0.500. The Bertz CT molecular complexity index is 327. The van der Waals surface area contributed by atoms with E-state index >= 15 is 0 Å². The van der Waals surface area contributed by atoms with Crippen LogP contribution in [-0.4, -0.2) is 16.2 Å². The van der Waals surface area contributed by atoms with E-state index in [0.29, 0.717) is 0 Å². The molecule has 0 saturated carbocycles. The number of nitrogens with zero attached hydrogens (tertiary/aromatic N) is 1. The van der Waals surface area contributed by atoms with Crippen LogP contribution < -0.4 is 0 Å². The zero-order chi connectivity index (χ0) is 13.1. The number of nitro benzene ring substituents is 1. The van der Waals surface area contributed by atoms with Gasteiger partial charge < -0.3 is 5.11 Å². The van der Waals surface area contributed by atoms with Crippen molar-refractivity contribution in [3.63, 3.8) is 0 Å². The number of benzene rings is 1. The summed E-state index contributed by atoms with van der Waals surface area (Å²) in [7, 11) is 2.75. The van der Waals surface area contributed by atoms with Gasteiger partial charge in [-0.25, -0.2) is 0 Å². The van der Waals surface area contributed by atoms with Crippen LogP contribution in [0.4, 0.5) is 5.69 Å². The van der Waals surface area contributed by atoms with Crippen LogP contribution in [0, 0.1) is 10.1 Å². The molecule has 5 heteroatoms. The van der Waals surface area contributed by atoms with Crippen LogP contribution in [-0.2, 0) is 0 Å². The highest BCUT2D eigenvalue weighted by Gasteiger charge is 2.09. The monoisotopic (exact) mass is 257 g/mol. The molecule has 0 spiro atoms. The van der Waals surface area contributed by atoms with Crippen molar-refractivity contribution in [2.24, 2.45) is 0 Å². The first-order valence-corrected chi connectivity index (χ1v) is 6.57. The average molecular weight is 257 g/mol. The molecule has 1 aromatic carbocycles. The molecule has 1 atom stereocenters. The number of hydrogen-bond acceptors (Lipinski definition) is 3. The smallest absolute Gasteiger partial charge is 0.310 e. The molecule has 0 amide bonds. The Kier molecular flexibility index (Phi) is 9.35. The SMILES string of the molecule is CCCCCCP.O=[N+]([O-])c1ccccc1O. The van der Waals surface area contributed by atoms with E-state index in [1.807, 2.05) is 0 Å². The van der Waals surface area contributed by atoms with E-state index in [2.05, 4.69) is 16.2 Å². The first kappa shape index (κ1) is 15.9. The average Bonchev–Trinajstić information content (AvgIpc) is 2.31. The van der Waals surface area contributed by atoms with Gasteiger partial charge in [0, 0.05) is 6.07 Å². The van der Waals surface area contributed by atoms with Crippen LogP contribution in [0.3, 0.4) is 0 Å². The Morgan fingerprint density at radius 1 is 1.29 bits per heavy atom. The minimum Gasteiger partial charge on any atom is -0.502 e. The number of phenolic OH excluding ortho intramolecular Hbond substituents is 1. The Balaban J connectivity index is 0.000000325. The zero-order valence-electron chi connectivity index (χ0n) is 10.1. The van der Waals surface area contributed by atoms with Gasteiger partial charge in [-0.1, -0.05) is 38.3 Å². The summed E-state index contributed by atoms with van der Waals surface area (Å²) < 4.78 is 0. The lowest BCUT2D eigenvalue weighted by atomic mass is 10.2. The third kappa shape index (κ3) is 7.70. The number of aromatic hydroxyl groups is 1. The molecule has 1 unspecified atom stereocenters. The molecule has 0 radical (unpaired) electrons. The van der Waals surface area contributed by atoms with Gasteiger partial charge in [0.1, 0.15) is 0 Å². The molecule has 0 fully saturated rings. The van der Waals surface area contributed by atoms with Gasteiger partial charge in [-0.2, -0.15) is 0 Å². The zero-order valence-corrected chi connectivity index (χ0v) is 11.3. The number of nitro groups is 1. The largest absolute Gasteiger partial charge is 0.502 e. The maximum atomic E-state index is 10.1. The van der Waals surface area contributed by atoms with Crippen molar-refractivity contribution in [3.05, 3.63) is 34.4 Å². The van der Waals surface area contributed by atoms with E-state index in [9.17, 15) is 10.1 Å². The Morgan fingerprint density at radius 2 is 1.94 bits per heavy atom. The molecule has 1 aromatic rings. The standard InChI is InChI=1S/C6H5NO3.C6H15P/c8-6-4-2-1-3-5(6)7(9)10;1-2-3-4-5-6-7/h1-4,8H;2-7H2,1H3. The van der Waals surface area contributed by atoms with Crippen LogP contribution in [0.25, 0.3) is 0 Å². The third-order valence-electron chi connectivity index (χ3n) is 2.14. The molecule has 0 aromatic heterocycles. The van der Waals surface area contributed by atoms with Crippen LogP contribution in [0.5, 0.6) is 5.75 Å². The highest BCUT2D eigenvalue weighted by atomic mass is 31.0. The first-order valence-electron chi connectivity index (χ1n) is 5.76. The molecule has 0 aliphatic carbocycles. The maximum Gasteiger partial charge on any atom is 0.310 e. The summed E-state index contributed by atoms with van der Waals surface area (Å²) in [5.74, 6) is -0.299. The number of unbranched alkanes of at least 4 members (excludes halogenated alkanes) is 3. The summed E-state index contributed by atoms with van der Waals surface area (Å²) in [6.45, 7) is 2.24. The molecule has 1 N–H and O–H groups in total. The topological polar surface area (TPSA) is 63.4 Å². The minimum absolute atomic E-state index is 0.262. The molecule has 17 heavy (non-hydrogen) atoms. The lowest BCUT2D eigenvalue weighted by Crippen LogP contribution is -1.86. The second-order valence-electron chi connectivity index (χ2n) is 3.60. The van der Waals surface area contributed by atoms with Crippen molar-refractivity contribution in [2.45, 2.75) is 32.6 Å². The van der Waals surface area contributed by atoms with Crippen molar-refractivity contribution in [2.75, 3.05) is 6.16 Å². The maximum absolute atomic E-state index is 10.1. The summed E-state index contributed by atoms with van der Waals surface area (Å²) in [4.78, 5) is 9.44. The van der Waals surface area contributed by atoms with Gasteiger partial charge in [0.05, 0.1) is 4.92 Å². The predicted octanol–water partition coefficient (Wildman–Crippen LogP) is 3.74. The van der Waals surface area contributed by atoms with Crippen LogP contribution in [0.1, 0.15) is 32.6 Å². The molecule has 96 valence electrons. The van der Waals surface area contributed by atoms with Gasteiger partial charge in [-0.05, 0) is 18.6 Å². The lowest BCUT2D eigenvalue weighted by Gasteiger charge is -1.91. The van der Waals surface area contributed by atoms with Crippen LogP contribution in [0.2, 0.25) is 0 Å². The third-order valence-corrected chi connectivity index (χ3v) is 2.54.